The van der Waals surface area contributed by atoms with Crippen LogP contribution < -0.4 is 0 Å². The average Bonchev–Trinajstić information content (AvgIpc) is 2.90. The standard InChI is InChI=1S/C12H14O4/c1-2-9(13)16-12-4-3-7(5-12)10-8(12)6-15-11(10)14/h2,7-8,10H,1,3-6H2. The number of cyclic esters (lactones) is 1. The molecule has 16 heavy (non-hydrogen) atoms. The van der Waals surface area contributed by atoms with Crippen LogP contribution in [0, 0.1) is 17.8 Å². The van der Waals surface area contributed by atoms with Gasteiger partial charge in [-0.3, -0.25) is 4.79 Å². The van der Waals surface area contributed by atoms with Crippen molar-refractivity contribution in [3.8, 4) is 0 Å². The lowest BCUT2D eigenvalue weighted by Gasteiger charge is -2.32. The van der Waals surface area contributed by atoms with Crippen molar-refractivity contribution >= 4 is 11.9 Å². The Bertz CT molecular complexity index is 375. The molecule has 0 spiro atoms. The Balaban J connectivity index is 1.88. The zero-order valence-electron chi connectivity index (χ0n) is 8.98. The van der Waals surface area contributed by atoms with Gasteiger partial charge in [0.1, 0.15) is 5.60 Å². The summed E-state index contributed by atoms with van der Waals surface area (Å²) in [4.78, 5) is 22.9. The van der Waals surface area contributed by atoms with Gasteiger partial charge in [-0.1, -0.05) is 6.58 Å². The molecule has 4 unspecified atom stereocenters. The van der Waals surface area contributed by atoms with Gasteiger partial charge < -0.3 is 9.47 Å². The molecule has 2 aliphatic carbocycles. The summed E-state index contributed by atoms with van der Waals surface area (Å²) in [6, 6.07) is 0. The minimum Gasteiger partial charge on any atom is -0.465 e. The lowest BCUT2D eigenvalue weighted by molar-refractivity contribution is -0.158. The highest BCUT2D eigenvalue weighted by atomic mass is 16.6. The van der Waals surface area contributed by atoms with E-state index in [9.17, 15) is 9.59 Å². The largest absolute Gasteiger partial charge is 0.465 e. The summed E-state index contributed by atoms with van der Waals surface area (Å²) in [5.74, 6) is -0.112. The summed E-state index contributed by atoms with van der Waals surface area (Å²) < 4.78 is 10.6. The van der Waals surface area contributed by atoms with Crippen LogP contribution in [0.5, 0.6) is 0 Å². The Morgan fingerprint density at radius 1 is 1.62 bits per heavy atom. The molecule has 1 aliphatic heterocycles. The van der Waals surface area contributed by atoms with Crippen molar-refractivity contribution in [3.63, 3.8) is 0 Å². The van der Waals surface area contributed by atoms with E-state index in [1.54, 1.807) is 0 Å². The van der Waals surface area contributed by atoms with Gasteiger partial charge in [-0.15, -0.1) is 0 Å². The second-order valence-corrected chi connectivity index (χ2v) is 4.96. The summed E-state index contributed by atoms with van der Waals surface area (Å²) in [6.45, 7) is 3.82. The van der Waals surface area contributed by atoms with Gasteiger partial charge in [0.05, 0.1) is 12.5 Å². The van der Waals surface area contributed by atoms with Gasteiger partial charge in [0.15, 0.2) is 0 Å². The average molecular weight is 222 g/mol. The minimum absolute atomic E-state index is 0.0358. The molecule has 0 radical (unpaired) electrons. The number of carbonyl (C=O) groups is 2. The van der Waals surface area contributed by atoms with Gasteiger partial charge in [0.25, 0.3) is 0 Å². The zero-order chi connectivity index (χ0) is 11.3. The molecule has 3 rings (SSSR count). The molecule has 2 saturated carbocycles. The SMILES string of the molecule is C=CC(=O)OC12CCC(C1)C1C(=O)OCC12. The summed E-state index contributed by atoms with van der Waals surface area (Å²) in [5.41, 5.74) is -0.452. The number of fused-ring (bicyclic) bond motifs is 5. The first-order valence-electron chi connectivity index (χ1n) is 5.68. The lowest BCUT2D eigenvalue weighted by atomic mass is 9.79. The van der Waals surface area contributed by atoms with E-state index in [-0.39, 0.29) is 23.8 Å². The molecule has 0 amide bonds. The quantitative estimate of drug-likeness (QED) is 0.518. The molecule has 0 aromatic carbocycles. The van der Waals surface area contributed by atoms with Crippen molar-refractivity contribution in [2.24, 2.45) is 17.8 Å². The van der Waals surface area contributed by atoms with E-state index < -0.39 is 5.60 Å². The number of carbonyl (C=O) groups excluding carboxylic acids is 2. The zero-order valence-corrected chi connectivity index (χ0v) is 8.98. The minimum atomic E-state index is -0.452. The van der Waals surface area contributed by atoms with Crippen molar-refractivity contribution in [2.75, 3.05) is 6.61 Å². The van der Waals surface area contributed by atoms with E-state index in [0.717, 1.165) is 19.3 Å². The van der Waals surface area contributed by atoms with Gasteiger partial charge >= 0.3 is 11.9 Å². The van der Waals surface area contributed by atoms with Gasteiger partial charge in [0.2, 0.25) is 0 Å². The highest BCUT2D eigenvalue weighted by molar-refractivity contribution is 5.82. The molecule has 4 nitrogen and oxygen atoms in total. The van der Waals surface area contributed by atoms with Crippen LogP contribution in [0.15, 0.2) is 12.7 Å². The number of ether oxygens (including phenoxy) is 2. The highest BCUT2D eigenvalue weighted by Gasteiger charge is 2.65. The van der Waals surface area contributed by atoms with Crippen molar-refractivity contribution in [2.45, 2.75) is 24.9 Å². The molecule has 3 fully saturated rings. The van der Waals surface area contributed by atoms with Crippen LogP contribution in [-0.2, 0) is 19.1 Å². The van der Waals surface area contributed by atoms with Crippen LogP contribution in [0.4, 0.5) is 0 Å². The normalized spacial score (nSPS) is 44.0. The Morgan fingerprint density at radius 3 is 3.19 bits per heavy atom. The molecule has 0 aromatic rings. The fourth-order valence-corrected chi connectivity index (χ4v) is 3.67. The monoisotopic (exact) mass is 222 g/mol. The van der Waals surface area contributed by atoms with Crippen LogP contribution in [0.1, 0.15) is 19.3 Å². The topological polar surface area (TPSA) is 52.6 Å². The van der Waals surface area contributed by atoms with Gasteiger partial charge in [-0.25, -0.2) is 4.79 Å². The summed E-state index contributed by atoms with van der Waals surface area (Å²) in [5, 5.41) is 0. The maximum Gasteiger partial charge on any atom is 0.330 e. The Hall–Kier alpha value is -1.32. The number of rotatable bonds is 2. The molecule has 1 heterocycles. The van der Waals surface area contributed by atoms with Crippen LogP contribution in [0.25, 0.3) is 0 Å². The Kier molecular flexibility index (Phi) is 1.91. The van der Waals surface area contributed by atoms with E-state index in [1.165, 1.54) is 6.08 Å². The smallest absolute Gasteiger partial charge is 0.330 e. The van der Waals surface area contributed by atoms with Crippen molar-refractivity contribution in [1.29, 1.82) is 0 Å². The molecular weight excluding hydrogens is 208 g/mol. The Labute approximate surface area is 93.6 Å². The first-order chi connectivity index (χ1) is 7.66. The predicted molar refractivity (Wildman–Crippen MR) is 54.3 cm³/mol. The third-order valence-corrected chi connectivity index (χ3v) is 4.31. The summed E-state index contributed by atoms with van der Waals surface area (Å²) in [7, 11) is 0. The van der Waals surface area contributed by atoms with Crippen LogP contribution >= 0.6 is 0 Å². The first kappa shape index (κ1) is 9.87. The maximum atomic E-state index is 11.6. The van der Waals surface area contributed by atoms with Gasteiger partial charge in [0, 0.05) is 12.0 Å². The molecule has 0 aromatic heterocycles. The molecule has 1 saturated heterocycles. The van der Waals surface area contributed by atoms with Crippen LogP contribution in [0.3, 0.4) is 0 Å². The molecule has 86 valence electrons. The third kappa shape index (κ3) is 1.10. The van der Waals surface area contributed by atoms with E-state index in [4.69, 9.17) is 9.47 Å². The predicted octanol–water partition coefficient (Wildman–Crippen LogP) is 1.06. The van der Waals surface area contributed by atoms with Gasteiger partial charge in [-0.2, -0.15) is 0 Å². The van der Waals surface area contributed by atoms with Crippen molar-refractivity contribution in [3.05, 3.63) is 12.7 Å². The number of esters is 2. The molecular formula is C12H14O4. The fourth-order valence-electron chi connectivity index (χ4n) is 3.67. The first-order valence-corrected chi connectivity index (χ1v) is 5.68. The van der Waals surface area contributed by atoms with Crippen LogP contribution in [-0.4, -0.2) is 24.1 Å². The second kappa shape index (κ2) is 3.09. The molecule has 2 bridgehead atoms. The number of hydrogen-bond donors (Lipinski definition) is 0. The third-order valence-electron chi connectivity index (χ3n) is 4.31. The van der Waals surface area contributed by atoms with Crippen LogP contribution in [0.2, 0.25) is 0 Å². The number of hydrogen-bond acceptors (Lipinski definition) is 4. The van der Waals surface area contributed by atoms with E-state index >= 15 is 0 Å². The van der Waals surface area contributed by atoms with E-state index in [2.05, 4.69) is 6.58 Å². The molecule has 0 N–H and O–H groups in total. The molecule has 4 heteroatoms. The summed E-state index contributed by atoms with van der Waals surface area (Å²) >= 11 is 0. The van der Waals surface area contributed by atoms with Gasteiger partial charge in [-0.05, 0) is 25.2 Å². The maximum absolute atomic E-state index is 11.6. The molecule has 4 atom stereocenters. The van der Waals surface area contributed by atoms with Crippen molar-refractivity contribution in [1.82, 2.24) is 0 Å². The molecule has 3 aliphatic rings. The van der Waals surface area contributed by atoms with Crippen molar-refractivity contribution < 1.29 is 19.1 Å². The Morgan fingerprint density at radius 2 is 2.44 bits per heavy atom. The van der Waals surface area contributed by atoms with E-state index in [1.807, 2.05) is 0 Å². The fraction of sp³-hybridized carbons (Fsp3) is 0.667. The van der Waals surface area contributed by atoms with E-state index in [0.29, 0.717) is 12.5 Å². The second-order valence-electron chi connectivity index (χ2n) is 4.96. The lowest BCUT2D eigenvalue weighted by Crippen LogP contribution is -2.40. The highest BCUT2D eigenvalue weighted by Crippen LogP contribution is 2.59. The summed E-state index contributed by atoms with van der Waals surface area (Å²) in [6.07, 6.45) is 3.82.